The molecular weight excluding hydrogens is 396 g/mol. The molecule has 162 valence electrons. The van der Waals surface area contributed by atoms with E-state index in [1.807, 2.05) is 42.6 Å². The first-order chi connectivity index (χ1) is 15.0. The average molecular weight is 424 g/mol. The van der Waals surface area contributed by atoms with Crippen LogP contribution >= 0.6 is 0 Å². The van der Waals surface area contributed by atoms with Gasteiger partial charge < -0.3 is 4.74 Å². The molecule has 1 fully saturated rings. The van der Waals surface area contributed by atoms with Crippen LogP contribution in [0.4, 0.5) is 8.78 Å². The molecule has 2 aromatic heterocycles. The molecule has 0 bridgehead atoms. The van der Waals surface area contributed by atoms with Crippen molar-refractivity contribution in [3.8, 4) is 5.75 Å². The number of nitrogens with zero attached hydrogens (tertiary/aromatic N) is 3. The number of aryl methyl sites for hydroxylation is 2. The number of likely N-dealkylation sites (tertiary alicyclic amines) is 1. The molecule has 1 aliphatic heterocycles. The topological polar surface area (TPSA) is 38.2 Å². The van der Waals surface area contributed by atoms with Gasteiger partial charge in [0.05, 0.1) is 23.5 Å². The monoisotopic (exact) mass is 423 g/mol. The maximum Gasteiger partial charge on any atom is 0.387 e. The van der Waals surface area contributed by atoms with Crippen molar-refractivity contribution in [2.45, 2.75) is 58.3 Å². The zero-order chi connectivity index (χ0) is 21.8. The van der Waals surface area contributed by atoms with Crippen molar-refractivity contribution in [2.24, 2.45) is 0 Å². The number of hydrogen-bond acceptors (Lipinski definition) is 4. The SMILES string of the molecule is Cc1cccnc1[C@H]1CCC[C@@H](c2ccccn2)N1Cc1cccc(C)c1OC(F)F. The minimum atomic E-state index is -2.86. The first kappa shape index (κ1) is 21.4. The molecule has 2 atom stereocenters. The molecule has 4 rings (SSSR count). The number of rotatable bonds is 6. The van der Waals surface area contributed by atoms with Gasteiger partial charge in [-0.05, 0) is 62.4 Å². The van der Waals surface area contributed by atoms with E-state index in [0.717, 1.165) is 41.8 Å². The van der Waals surface area contributed by atoms with Gasteiger partial charge in [0.2, 0.25) is 0 Å². The maximum atomic E-state index is 13.1. The molecule has 6 heteroatoms. The van der Waals surface area contributed by atoms with Gasteiger partial charge >= 0.3 is 6.61 Å². The first-order valence-corrected chi connectivity index (χ1v) is 10.7. The van der Waals surface area contributed by atoms with E-state index in [2.05, 4.69) is 22.9 Å². The number of pyridine rings is 2. The van der Waals surface area contributed by atoms with Gasteiger partial charge in [0, 0.05) is 24.5 Å². The van der Waals surface area contributed by atoms with Gasteiger partial charge in [0.1, 0.15) is 5.75 Å². The summed E-state index contributed by atoms with van der Waals surface area (Å²) in [4.78, 5) is 11.7. The van der Waals surface area contributed by atoms with E-state index in [9.17, 15) is 8.78 Å². The minimum Gasteiger partial charge on any atom is -0.434 e. The number of aromatic nitrogens is 2. The molecular formula is C25H27F2N3O. The van der Waals surface area contributed by atoms with Crippen molar-refractivity contribution < 1.29 is 13.5 Å². The van der Waals surface area contributed by atoms with Gasteiger partial charge in [-0.3, -0.25) is 14.9 Å². The second-order valence-corrected chi connectivity index (χ2v) is 8.04. The normalized spacial score (nSPS) is 19.5. The zero-order valence-electron chi connectivity index (χ0n) is 17.8. The second-order valence-electron chi connectivity index (χ2n) is 8.04. The van der Waals surface area contributed by atoms with Gasteiger partial charge in [-0.2, -0.15) is 8.78 Å². The van der Waals surface area contributed by atoms with Crippen LogP contribution in [-0.2, 0) is 6.54 Å². The highest BCUT2D eigenvalue weighted by Crippen LogP contribution is 2.43. The van der Waals surface area contributed by atoms with E-state index >= 15 is 0 Å². The Labute approximate surface area is 181 Å². The summed E-state index contributed by atoms with van der Waals surface area (Å²) in [7, 11) is 0. The maximum absolute atomic E-state index is 13.1. The van der Waals surface area contributed by atoms with Crippen LogP contribution in [0.5, 0.6) is 5.75 Å². The Balaban J connectivity index is 1.77. The lowest BCUT2D eigenvalue weighted by Crippen LogP contribution is -2.37. The summed E-state index contributed by atoms with van der Waals surface area (Å²) >= 11 is 0. The third-order valence-corrected chi connectivity index (χ3v) is 6.00. The second kappa shape index (κ2) is 9.52. The van der Waals surface area contributed by atoms with Crippen LogP contribution in [0.25, 0.3) is 0 Å². The molecule has 0 N–H and O–H groups in total. The fourth-order valence-electron chi connectivity index (χ4n) is 4.60. The predicted molar refractivity (Wildman–Crippen MR) is 116 cm³/mol. The van der Waals surface area contributed by atoms with Crippen molar-refractivity contribution in [3.63, 3.8) is 0 Å². The molecule has 31 heavy (non-hydrogen) atoms. The molecule has 0 saturated carbocycles. The number of ether oxygens (including phenoxy) is 1. The lowest BCUT2D eigenvalue weighted by Gasteiger charge is -2.42. The molecule has 0 aliphatic carbocycles. The van der Waals surface area contributed by atoms with E-state index in [-0.39, 0.29) is 17.8 Å². The number of para-hydroxylation sites is 1. The van der Waals surface area contributed by atoms with E-state index in [4.69, 9.17) is 9.72 Å². The highest BCUT2D eigenvalue weighted by molar-refractivity contribution is 5.41. The van der Waals surface area contributed by atoms with Gasteiger partial charge in [0.25, 0.3) is 0 Å². The summed E-state index contributed by atoms with van der Waals surface area (Å²) in [5, 5.41) is 0. The highest BCUT2D eigenvalue weighted by atomic mass is 19.3. The Morgan fingerprint density at radius 2 is 1.71 bits per heavy atom. The van der Waals surface area contributed by atoms with E-state index in [1.165, 1.54) is 0 Å². The number of hydrogen-bond donors (Lipinski definition) is 0. The third kappa shape index (κ3) is 4.74. The van der Waals surface area contributed by atoms with Gasteiger partial charge in [0.15, 0.2) is 0 Å². The molecule has 3 heterocycles. The van der Waals surface area contributed by atoms with Crippen LogP contribution in [0.2, 0.25) is 0 Å². The highest BCUT2D eigenvalue weighted by Gasteiger charge is 2.35. The molecule has 3 aromatic rings. The van der Waals surface area contributed by atoms with E-state index < -0.39 is 6.61 Å². The van der Waals surface area contributed by atoms with Crippen molar-refractivity contribution in [3.05, 3.63) is 89.0 Å². The Hall–Kier alpha value is -2.86. The number of benzene rings is 1. The third-order valence-electron chi connectivity index (χ3n) is 6.00. The Morgan fingerprint density at radius 1 is 0.935 bits per heavy atom. The van der Waals surface area contributed by atoms with Crippen LogP contribution in [0.15, 0.2) is 60.9 Å². The van der Waals surface area contributed by atoms with Crippen LogP contribution in [0, 0.1) is 13.8 Å². The predicted octanol–water partition coefficient (Wildman–Crippen LogP) is 6.16. The molecule has 0 spiro atoms. The van der Waals surface area contributed by atoms with Crippen molar-refractivity contribution in [1.29, 1.82) is 0 Å². The van der Waals surface area contributed by atoms with Crippen LogP contribution in [0.1, 0.15) is 59.4 Å². The average Bonchev–Trinajstić information content (AvgIpc) is 2.77. The van der Waals surface area contributed by atoms with Crippen molar-refractivity contribution >= 4 is 0 Å². The summed E-state index contributed by atoms with van der Waals surface area (Å²) in [6, 6.07) is 15.7. The summed E-state index contributed by atoms with van der Waals surface area (Å²) in [6.45, 7) is 1.49. The molecule has 0 amide bonds. The van der Waals surface area contributed by atoms with Crippen LogP contribution < -0.4 is 4.74 Å². The Bertz CT molecular complexity index is 1010. The Kier molecular flexibility index (Phi) is 6.56. The van der Waals surface area contributed by atoms with E-state index in [0.29, 0.717) is 12.1 Å². The minimum absolute atomic E-state index is 0.0706. The fourth-order valence-corrected chi connectivity index (χ4v) is 4.60. The standard InChI is InChI=1S/C25H27F2N3O/c1-17-9-7-15-29-23(17)22-13-6-12-21(20-11-3-4-14-28-20)30(22)16-19-10-5-8-18(2)24(19)31-25(26)27/h3-5,7-11,14-15,21-22,25H,6,12-13,16H2,1-2H3/t21-,22+/m0/s1. The lowest BCUT2D eigenvalue weighted by atomic mass is 9.89. The smallest absolute Gasteiger partial charge is 0.387 e. The molecule has 4 nitrogen and oxygen atoms in total. The van der Waals surface area contributed by atoms with Crippen LogP contribution in [-0.4, -0.2) is 21.5 Å². The molecule has 1 aromatic carbocycles. The van der Waals surface area contributed by atoms with Crippen molar-refractivity contribution in [1.82, 2.24) is 14.9 Å². The summed E-state index contributed by atoms with van der Waals surface area (Å²) < 4.78 is 31.2. The summed E-state index contributed by atoms with van der Waals surface area (Å²) in [5.74, 6) is 0.263. The Morgan fingerprint density at radius 3 is 2.45 bits per heavy atom. The van der Waals surface area contributed by atoms with Gasteiger partial charge in [-0.1, -0.05) is 30.3 Å². The fraction of sp³-hybridized carbons (Fsp3) is 0.360. The first-order valence-electron chi connectivity index (χ1n) is 10.7. The summed E-state index contributed by atoms with van der Waals surface area (Å²) in [5.41, 5.74) is 4.61. The number of piperidine rings is 1. The molecule has 1 aliphatic rings. The molecule has 1 saturated heterocycles. The molecule has 0 unspecified atom stereocenters. The lowest BCUT2D eigenvalue weighted by molar-refractivity contribution is -0.0517. The number of alkyl halides is 2. The molecule has 0 radical (unpaired) electrons. The van der Waals surface area contributed by atoms with Crippen LogP contribution in [0.3, 0.4) is 0 Å². The number of halogens is 2. The quantitative estimate of drug-likeness (QED) is 0.476. The van der Waals surface area contributed by atoms with Gasteiger partial charge in [-0.25, -0.2) is 0 Å². The summed E-state index contributed by atoms with van der Waals surface area (Å²) in [6.07, 6.45) is 6.59. The van der Waals surface area contributed by atoms with E-state index in [1.54, 1.807) is 19.2 Å². The zero-order valence-corrected chi connectivity index (χ0v) is 17.8. The largest absolute Gasteiger partial charge is 0.434 e. The van der Waals surface area contributed by atoms with Gasteiger partial charge in [-0.15, -0.1) is 0 Å². The van der Waals surface area contributed by atoms with Crippen molar-refractivity contribution in [2.75, 3.05) is 0 Å².